The fraction of sp³-hybridized carbons (Fsp3) is 0.316. The number of nitrogens with zero attached hydrogens (tertiary/aromatic N) is 1. The standard InChI is InChI=1S/C19H22N2O2.ClH/c1-23-13-17(20)19(22)21-12-16-10-6-5-9-15(16)11-18(21)14-7-3-2-4-8-14;/h2-10,17-18H,11-13,20H2,1H3;1H. The van der Waals surface area contributed by atoms with Crippen LogP contribution in [0, 0.1) is 0 Å². The molecule has 0 fully saturated rings. The van der Waals surface area contributed by atoms with E-state index in [1.54, 1.807) is 7.11 Å². The molecule has 0 bridgehead atoms. The molecule has 2 N–H and O–H groups in total. The van der Waals surface area contributed by atoms with Gasteiger partial charge in [0.25, 0.3) is 0 Å². The van der Waals surface area contributed by atoms with Crippen LogP contribution in [0.2, 0.25) is 0 Å². The van der Waals surface area contributed by atoms with Gasteiger partial charge < -0.3 is 15.4 Å². The van der Waals surface area contributed by atoms with Crippen molar-refractivity contribution in [2.45, 2.75) is 25.0 Å². The number of halogens is 1. The summed E-state index contributed by atoms with van der Waals surface area (Å²) in [6, 6.07) is 17.8. The molecule has 3 rings (SSSR count). The van der Waals surface area contributed by atoms with Crippen LogP contribution in [-0.2, 0) is 22.5 Å². The normalized spacial score (nSPS) is 17.6. The first-order valence-electron chi connectivity index (χ1n) is 7.87. The van der Waals surface area contributed by atoms with Crippen molar-refractivity contribution >= 4 is 18.3 Å². The van der Waals surface area contributed by atoms with E-state index >= 15 is 0 Å². The summed E-state index contributed by atoms with van der Waals surface area (Å²) in [6.45, 7) is 0.824. The molecule has 0 radical (unpaired) electrons. The summed E-state index contributed by atoms with van der Waals surface area (Å²) in [6.07, 6.45) is 0.811. The van der Waals surface area contributed by atoms with Gasteiger partial charge in [-0.05, 0) is 23.1 Å². The Morgan fingerprint density at radius 3 is 2.46 bits per heavy atom. The maximum Gasteiger partial charge on any atom is 0.242 e. The first-order chi connectivity index (χ1) is 11.2. The van der Waals surface area contributed by atoms with E-state index in [4.69, 9.17) is 10.5 Å². The molecule has 2 atom stereocenters. The van der Waals surface area contributed by atoms with Crippen LogP contribution in [0.5, 0.6) is 0 Å². The third-order valence-electron chi connectivity index (χ3n) is 4.38. The number of carbonyl (C=O) groups excluding carboxylic acids is 1. The molecule has 1 aliphatic heterocycles. The topological polar surface area (TPSA) is 55.6 Å². The lowest BCUT2D eigenvalue weighted by Gasteiger charge is -2.38. The highest BCUT2D eigenvalue weighted by Gasteiger charge is 2.33. The Kier molecular flexibility index (Phi) is 6.37. The molecular formula is C19H23ClN2O2. The first kappa shape index (κ1) is 18.5. The summed E-state index contributed by atoms with van der Waals surface area (Å²) in [5, 5.41) is 0. The minimum absolute atomic E-state index is 0. The van der Waals surface area contributed by atoms with E-state index in [0.717, 1.165) is 12.0 Å². The van der Waals surface area contributed by atoms with Crippen LogP contribution in [-0.4, -0.2) is 30.6 Å². The second-order valence-electron chi connectivity index (χ2n) is 5.93. The number of fused-ring (bicyclic) bond motifs is 1. The van der Waals surface area contributed by atoms with Gasteiger partial charge in [0.1, 0.15) is 6.04 Å². The highest BCUT2D eigenvalue weighted by molar-refractivity contribution is 5.85. The van der Waals surface area contributed by atoms with Crippen LogP contribution < -0.4 is 5.73 Å². The third-order valence-corrected chi connectivity index (χ3v) is 4.38. The highest BCUT2D eigenvalue weighted by Crippen LogP contribution is 2.33. The van der Waals surface area contributed by atoms with Crippen molar-refractivity contribution in [1.82, 2.24) is 4.90 Å². The van der Waals surface area contributed by atoms with E-state index in [1.165, 1.54) is 11.1 Å². The molecular weight excluding hydrogens is 324 g/mol. The van der Waals surface area contributed by atoms with Crippen LogP contribution in [0.3, 0.4) is 0 Å². The third kappa shape index (κ3) is 3.78. The molecule has 0 saturated carbocycles. The Bertz CT molecular complexity index is 678. The molecule has 0 saturated heterocycles. The maximum atomic E-state index is 12.8. The molecule has 0 aliphatic carbocycles. The predicted octanol–water partition coefficient (Wildman–Crippen LogP) is 2.71. The van der Waals surface area contributed by atoms with Gasteiger partial charge >= 0.3 is 0 Å². The number of benzene rings is 2. The van der Waals surface area contributed by atoms with Crippen molar-refractivity contribution in [3.8, 4) is 0 Å². The highest BCUT2D eigenvalue weighted by atomic mass is 35.5. The second-order valence-corrected chi connectivity index (χ2v) is 5.93. The molecule has 128 valence electrons. The molecule has 2 unspecified atom stereocenters. The Hall–Kier alpha value is -1.88. The molecule has 2 aromatic carbocycles. The first-order valence-corrected chi connectivity index (χ1v) is 7.87. The van der Waals surface area contributed by atoms with E-state index in [1.807, 2.05) is 29.2 Å². The lowest BCUT2D eigenvalue weighted by molar-refractivity contribution is -0.137. The molecule has 5 heteroatoms. The minimum Gasteiger partial charge on any atom is -0.383 e. The van der Waals surface area contributed by atoms with E-state index in [2.05, 4.69) is 30.3 Å². The Balaban J connectivity index is 0.00000208. The average Bonchev–Trinajstić information content (AvgIpc) is 2.61. The maximum absolute atomic E-state index is 12.8. The fourth-order valence-corrected chi connectivity index (χ4v) is 3.19. The smallest absolute Gasteiger partial charge is 0.242 e. The van der Waals surface area contributed by atoms with Gasteiger partial charge in [0.15, 0.2) is 0 Å². The molecule has 2 aromatic rings. The zero-order chi connectivity index (χ0) is 16.2. The number of nitrogens with two attached hydrogens (primary N) is 1. The summed E-state index contributed by atoms with van der Waals surface area (Å²) >= 11 is 0. The lowest BCUT2D eigenvalue weighted by atomic mass is 9.89. The van der Waals surface area contributed by atoms with E-state index < -0.39 is 6.04 Å². The molecule has 1 heterocycles. The number of rotatable bonds is 4. The van der Waals surface area contributed by atoms with Crippen LogP contribution in [0.15, 0.2) is 54.6 Å². The number of ether oxygens (including phenoxy) is 1. The monoisotopic (exact) mass is 346 g/mol. The van der Waals surface area contributed by atoms with Gasteiger partial charge in [0.05, 0.1) is 12.6 Å². The number of hydrogen-bond acceptors (Lipinski definition) is 3. The Labute approximate surface area is 149 Å². The zero-order valence-corrected chi connectivity index (χ0v) is 14.5. The van der Waals surface area contributed by atoms with Crippen molar-refractivity contribution in [1.29, 1.82) is 0 Å². The Morgan fingerprint density at radius 1 is 1.17 bits per heavy atom. The lowest BCUT2D eigenvalue weighted by Crippen LogP contribution is -2.49. The molecule has 0 aromatic heterocycles. The van der Waals surface area contributed by atoms with Crippen LogP contribution in [0.1, 0.15) is 22.7 Å². The summed E-state index contributed by atoms with van der Waals surface area (Å²) < 4.78 is 5.05. The van der Waals surface area contributed by atoms with Gasteiger partial charge in [-0.1, -0.05) is 54.6 Å². The van der Waals surface area contributed by atoms with Gasteiger partial charge in [0.2, 0.25) is 5.91 Å². The summed E-state index contributed by atoms with van der Waals surface area (Å²) in [5.41, 5.74) is 9.63. The number of methoxy groups -OCH3 is 1. The minimum atomic E-state index is -0.628. The molecule has 24 heavy (non-hydrogen) atoms. The van der Waals surface area contributed by atoms with Gasteiger partial charge in [-0.3, -0.25) is 4.79 Å². The van der Waals surface area contributed by atoms with Crippen molar-refractivity contribution in [2.75, 3.05) is 13.7 Å². The van der Waals surface area contributed by atoms with Crippen molar-refractivity contribution < 1.29 is 9.53 Å². The number of hydrogen-bond donors (Lipinski definition) is 1. The van der Waals surface area contributed by atoms with Crippen molar-refractivity contribution in [3.05, 3.63) is 71.3 Å². The summed E-state index contributed by atoms with van der Waals surface area (Å²) in [4.78, 5) is 14.7. The molecule has 1 amide bonds. The quantitative estimate of drug-likeness (QED) is 0.926. The second kappa shape index (κ2) is 8.29. The van der Waals surface area contributed by atoms with Crippen LogP contribution in [0.25, 0.3) is 0 Å². The van der Waals surface area contributed by atoms with E-state index in [-0.39, 0.29) is 31.0 Å². The van der Waals surface area contributed by atoms with Gasteiger partial charge in [-0.2, -0.15) is 0 Å². The predicted molar refractivity (Wildman–Crippen MR) is 97.0 cm³/mol. The SMILES string of the molecule is COCC(N)C(=O)N1Cc2ccccc2CC1c1ccccc1.Cl. The van der Waals surface area contributed by atoms with Gasteiger partial charge in [-0.25, -0.2) is 0 Å². The van der Waals surface area contributed by atoms with Gasteiger partial charge in [0, 0.05) is 13.7 Å². The summed E-state index contributed by atoms with van der Waals surface area (Å²) in [7, 11) is 1.56. The Morgan fingerprint density at radius 2 is 1.79 bits per heavy atom. The van der Waals surface area contributed by atoms with Gasteiger partial charge in [-0.15, -0.1) is 12.4 Å². The van der Waals surface area contributed by atoms with Crippen molar-refractivity contribution in [3.63, 3.8) is 0 Å². The number of carbonyl (C=O) groups is 1. The van der Waals surface area contributed by atoms with Crippen LogP contribution >= 0.6 is 12.4 Å². The molecule has 4 nitrogen and oxygen atoms in total. The fourth-order valence-electron chi connectivity index (χ4n) is 3.19. The van der Waals surface area contributed by atoms with E-state index in [0.29, 0.717) is 6.54 Å². The average molecular weight is 347 g/mol. The van der Waals surface area contributed by atoms with Crippen LogP contribution in [0.4, 0.5) is 0 Å². The van der Waals surface area contributed by atoms with Crippen molar-refractivity contribution in [2.24, 2.45) is 5.73 Å². The number of amides is 1. The molecule has 0 spiro atoms. The largest absolute Gasteiger partial charge is 0.383 e. The van der Waals surface area contributed by atoms with E-state index in [9.17, 15) is 4.79 Å². The summed E-state index contributed by atoms with van der Waals surface area (Å²) in [5.74, 6) is -0.0600. The zero-order valence-electron chi connectivity index (χ0n) is 13.7. The molecule has 1 aliphatic rings.